The molecule has 5 heterocycles. The second-order valence-electron chi connectivity index (χ2n) is 11.1. The molecule has 3 saturated heterocycles. The number of imidazole rings is 1. The highest BCUT2D eigenvalue weighted by molar-refractivity contribution is 6.26. The molecule has 4 atom stereocenters. The predicted octanol–water partition coefficient (Wildman–Crippen LogP) is 4.70. The van der Waals surface area contributed by atoms with Gasteiger partial charge < -0.3 is 14.5 Å². The fourth-order valence-electron chi connectivity index (χ4n) is 6.98. The lowest BCUT2D eigenvalue weighted by molar-refractivity contribution is -0.131. The highest BCUT2D eigenvalue weighted by atomic mass is 16.5. The Labute approximate surface area is 230 Å². The molecule has 0 unspecified atom stereocenters. The molecule has 40 heavy (non-hydrogen) atoms. The van der Waals surface area contributed by atoms with Crippen molar-refractivity contribution in [1.82, 2.24) is 15.0 Å². The molecule has 1 N–H and O–H groups in total. The molecule has 9 nitrogen and oxygen atoms in total. The number of aryl methyl sites for hydroxylation is 1. The number of anilines is 1. The fraction of sp³-hybridized carbons (Fsp3) is 0.323. The van der Waals surface area contributed by atoms with Crippen LogP contribution in [0, 0.1) is 30.1 Å². The van der Waals surface area contributed by atoms with Gasteiger partial charge in [-0.05, 0) is 51.0 Å². The molecule has 2 bridgehead atoms. The number of aromatic amines is 1. The van der Waals surface area contributed by atoms with Crippen molar-refractivity contribution in [2.75, 3.05) is 11.5 Å². The Kier molecular flexibility index (Phi) is 5.34. The van der Waals surface area contributed by atoms with E-state index in [-0.39, 0.29) is 11.8 Å². The highest BCUT2D eigenvalue weighted by Crippen LogP contribution is 2.62. The van der Waals surface area contributed by atoms with Gasteiger partial charge in [-0.1, -0.05) is 24.3 Å². The van der Waals surface area contributed by atoms with E-state index in [4.69, 9.17) is 9.47 Å². The Bertz CT molecular complexity index is 1730. The van der Waals surface area contributed by atoms with Gasteiger partial charge >= 0.3 is 0 Å². The molecule has 0 aliphatic carbocycles. The quantitative estimate of drug-likeness (QED) is 0.357. The second kappa shape index (κ2) is 8.73. The van der Waals surface area contributed by atoms with E-state index in [2.05, 4.69) is 21.0 Å². The molecule has 9 heteroatoms. The van der Waals surface area contributed by atoms with Crippen LogP contribution in [0.5, 0.6) is 5.88 Å². The largest absolute Gasteiger partial charge is 0.476 e. The van der Waals surface area contributed by atoms with Crippen molar-refractivity contribution in [3.63, 3.8) is 0 Å². The van der Waals surface area contributed by atoms with Gasteiger partial charge in [0, 0.05) is 35.2 Å². The Morgan fingerprint density at radius 3 is 2.60 bits per heavy atom. The van der Waals surface area contributed by atoms with E-state index >= 15 is 0 Å². The number of amides is 2. The van der Waals surface area contributed by atoms with E-state index in [1.807, 2.05) is 50.2 Å². The summed E-state index contributed by atoms with van der Waals surface area (Å²) in [5, 5.41) is 11.0. The minimum Gasteiger partial charge on any atom is -0.476 e. The Morgan fingerprint density at radius 1 is 1.07 bits per heavy atom. The first-order valence-electron chi connectivity index (χ1n) is 13.4. The van der Waals surface area contributed by atoms with Gasteiger partial charge in [-0.3, -0.25) is 14.6 Å². The average Bonchev–Trinajstić information content (AvgIpc) is 3.67. The molecule has 2 amide bonds. The third kappa shape index (κ3) is 3.42. The number of H-pyrrole nitrogens is 1. The summed E-state index contributed by atoms with van der Waals surface area (Å²) in [4.78, 5) is 41.2. The Morgan fingerprint density at radius 2 is 1.82 bits per heavy atom. The normalized spacial score (nSPS) is 26.9. The minimum atomic E-state index is -0.790. The number of pyridine rings is 1. The first-order chi connectivity index (χ1) is 19.3. The van der Waals surface area contributed by atoms with Gasteiger partial charge in [0.25, 0.3) is 0 Å². The zero-order valence-corrected chi connectivity index (χ0v) is 22.2. The highest BCUT2D eigenvalue weighted by Gasteiger charge is 2.73. The summed E-state index contributed by atoms with van der Waals surface area (Å²) in [6.45, 7) is 4.14. The molecule has 3 aliphatic heterocycles. The average molecular weight is 534 g/mol. The number of carbonyl (C=O) groups is 2. The molecule has 3 aliphatic rings. The number of nitrogens with one attached hydrogen (secondary N) is 1. The van der Waals surface area contributed by atoms with Crippen LogP contribution < -0.4 is 9.64 Å². The topological polar surface area (TPSA) is 121 Å². The van der Waals surface area contributed by atoms with Crippen LogP contribution in [0.15, 0.2) is 60.9 Å². The standard InChI is InChI=1S/C31H27N5O4/c1-18-27(35-26(34-18)19-9-14-33-15-10-19)39-16-13-31-12-11-30(2,40-31)24-25(31)29(38)36(28(24)37)23-8-7-20(17-32)21-5-3-4-6-22(21)23/h3-10,14-15,24-25H,11-13,16H2,1-2H3,(H,34,35)/t24-,25+,30-,31-/m1/s1. The summed E-state index contributed by atoms with van der Waals surface area (Å²) in [7, 11) is 0. The van der Waals surface area contributed by atoms with E-state index in [0.717, 1.165) is 11.3 Å². The third-order valence-electron chi connectivity index (χ3n) is 8.83. The molecule has 0 saturated carbocycles. The van der Waals surface area contributed by atoms with E-state index in [9.17, 15) is 14.9 Å². The van der Waals surface area contributed by atoms with Gasteiger partial charge in [0.15, 0.2) is 0 Å². The first kappa shape index (κ1) is 24.5. The molecule has 2 aromatic heterocycles. The molecular weight excluding hydrogens is 506 g/mol. The molecule has 0 spiro atoms. The number of benzene rings is 2. The van der Waals surface area contributed by atoms with Crippen LogP contribution in [0.3, 0.4) is 0 Å². The summed E-state index contributed by atoms with van der Waals surface area (Å²) in [5.74, 6) is -0.444. The third-order valence-corrected chi connectivity index (χ3v) is 8.83. The van der Waals surface area contributed by atoms with Crippen LogP contribution in [0.2, 0.25) is 0 Å². The van der Waals surface area contributed by atoms with Gasteiger partial charge in [0.2, 0.25) is 17.7 Å². The summed E-state index contributed by atoms with van der Waals surface area (Å²) in [6, 6.07) is 16.7. The minimum absolute atomic E-state index is 0.236. The number of ether oxygens (including phenoxy) is 2. The summed E-state index contributed by atoms with van der Waals surface area (Å²) in [6.07, 6.45) is 5.25. The van der Waals surface area contributed by atoms with Crippen LogP contribution in [0.4, 0.5) is 5.69 Å². The Hall–Kier alpha value is -4.55. The molecule has 4 aromatic rings. The monoisotopic (exact) mass is 533 g/mol. The zero-order valence-electron chi connectivity index (χ0n) is 22.2. The van der Waals surface area contributed by atoms with Crippen molar-refractivity contribution in [3.8, 4) is 23.3 Å². The molecule has 0 radical (unpaired) electrons. The van der Waals surface area contributed by atoms with Crippen molar-refractivity contribution >= 4 is 28.3 Å². The van der Waals surface area contributed by atoms with Crippen molar-refractivity contribution in [1.29, 1.82) is 5.26 Å². The van der Waals surface area contributed by atoms with Crippen LogP contribution in [0.25, 0.3) is 22.2 Å². The second-order valence-corrected chi connectivity index (χ2v) is 11.1. The number of carbonyl (C=O) groups excluding carboxylic acids is 2. The van der Waals surface area contributed by atoms with Crippen molar-refractivity contribution in [2.24, 2.45) is 11.8 Å². The number of fused-ring (bicyclic) bond motifs is 6. The van der Waals surface area contributed by atoms with Crippen LogP contribution >= 0.6 is 0 Å². The lowest BCUT2D eigenvalue weighted by Crippen LogP contribution is -2.43. The maximum Gasteiger partial charge on any atom is 0.240 e. The first-order valence-corrected chi connectivity index (χ1v) is 13.4. The van der Waals surface area contributed by atoms with E-state index in [0.29, 0.717) is 59.6 Å². The smallest absolute Gasteiger partial charge is 0.240 e. The van der Waals surface area contributed by atoms with Crippen molar-refractivity contribution in [3.05, 3.63) is 72.2 Å². The maximum atomic E-state index is 14.1. The fourth-order valence-corrected chi connectivity index (χ4v) is 6.98. The van der Waals surface area contributed by atoms with Crippen LogP contribution in [-0.2, 0) is 14.3 Å². The van der Waals surface area contributed by atoms with Crippen molar-refractivity contribution in [2.45, 2.75) is 44.3 Å². The van der Waals surface area contributed by atoms with Gasteiger partial charge in [-0.15, -0.1) is 0 Å². The van der Waals surface area contributed by atoms with Crippen LogP contribution in [0.1, 0.15) is 37.4 Å². The lowest BCUT2D eigenvalue weighted by atomic mass is 9.67. The number of aromatic nitrogens is 3. The SMILES string of the molecule is Cc1[nH]c(-c2ccncc2)nc1OCC[C@@]12CC[C@@](C)(O1)[C@H]1C(=O)N(c3ccc(C#N)c4ccccc34)C(=O)[C@H]12. The Balaban J connectivity index is 1.17. The summed E-state index contributed by atoms with van der Waals surface area (Å²) in [5.41, 5.74) is 1.22. The number of imide groups is 1. The van der Waals surface area contributed by atoms with E-state index in [1.54, 1.807) is 24.5 Å². The van der Waals surface area contributed by atoms with E-state index < -0.39 is 23.0 Å². The molecule has 2 aromatic carbocycles. The summed E-state index contributed by atoms with van der Waals surface area (Å²) < 4.78 is 12.7. The predicted molar refractivity (Wildman–Crippen MR) is 146 cm³/mol. The number of hydrogen-bond donors (Lipinski definition) is 1. The van der Waals surface area contributed by atoms with Crippen molar-refractivity contribution < 1.29 is 19.1 Å². The maximum absolute atomic E-state index is 14.1. The molecule has 3 fully saturated rings. The number of hydrogen-bond acceptors (Lipinski definition) is 7. The molecular formula is C31H27N5O4. The zero-order chi connectivity index (χ0) is 27.6. The van der Waals surface area contributed by atoms with E-state index in [1.165, 1.54) is 4.90 Å². The van der Waals surface area contributed by atoms with Crippen LogP contribution in [-0.4, -0.2) is 44.6 Å². The lowest BCUT2D eigenvalue weighted by Gasteiger charge is -2.31. The van der Waals surface area contributed by atoms with Gasteiger partial charge in [0.1, 0.15) is 5.82 Å². The molecule has 200 valence electrons. The number of rotatable bonds is 6. The molecule has 7 rings (SSSR count). The van der Waals surface area contributed by atoms with Gasteiger partial charge in [-0.25, -0.2) is 4.90 Å². The number of nitrogens with zero attached hydrogens (tertiary/aromatic N) is 4. The summed E-state index contributed by atoms with van der Waals surface area (Å²) >= 11 is 0. The van der Waals surface area contributed by atoms with Gasteiger partial charge in [-0.2, -0.15) is 10.2 Å². The van der Waals surface area contributed by atoms with Gasteiger partial charge in [0.05, 0.1) is 52.7 Å². The number of nitriles is 1.